The van der Waals surface area contributed by atoms with Crippen LogP contribution in [0.2, 0.25) is 0 Å². The molecule has 8 aromatic carbocycles. The molecule has 8 rings (SSSR count). The van der Waals surface area contributed by atoms with Gasteiger partial charge in [-0.3, -0.25) is 42.5 Å². The van der Waals surface area contributed by atoms with Gasteiger partial charge in [0.25, 0.3) is 13.4 Å². The van der Waals surface area contributed by atoms with Crippen molar-refractivity contribution < 1.29 is 109 Å². The van der Waals surface area contributed by atoms with Gasteiger partial charge in [0, 0.05) is 52.6 Å². The first-order valence-corrected chi connectivity index (χ1v) is 52.3. The maximum absolute atomic E-state index is 13.2. The van der Waals surface area contributed by atoms with Crippen LogP contribution in [-0.4, -0.2) is 129 Å². The maximum atomic E-state index is 13.2. The van der Waals surface area contributed by atoms with E-state index in [-0.39, 0.29) is 153 Å². The predicted molar refractivity (Wildman–Crippen MR) is 510 cm³/mol. The van der Waals surface area contributed by atoms with Gasteiger partial charge in [0.2, 0.25) is 7.06 Å². The van der Waals surface area contributed by atoms with Crippen LogP contribution in [0.5, 0.6) is 11.5 Å². The van der Waals surface area contributed by atoms with Crippen molar-refractivity contribution in [3.8, 4) is 11.5 Å². The zero-order valence-corrected chi connectivity index (χ0v) is 81.5. The molecule has 0 radical (unpaired) electrons. The Hall–Kier alpha value is -6.93. The van der Waals surface area contributed by atoms with Crippen LogP contribution in [0.15, 0.2) is 231 Å². The van der Waals surface area contributed by atoms with Crippen LogP contribution in [0.3, 0.4) is 0 Å². The molecule has 0 spiro atoms. The van der Waals surface area contributed by atoms with Crippen molar-refractivity contribution in [2.75, 3.05) is 83.4 Å². The van der Waals surface area contributed by atoms with Crippen LogP contribution in [0.4, 0.5) is 0 Å². The predicted octanol–water partition coefficient (Wildman–Crippen LogP) is 25.0. The zero-order valence-electron chi connectivity index (χ0n) is 72.2. The van der Waals surface area contributed by atoms with Gasteiger partial charge in [0.15, 0.2) is 0 Å². The summed E-state index contributed by atoms with van der Waals surface area (Å²) in [5.41, 5.74) is 6.98. The molecule has 0 aliphatic heterocycles. The molecule has 0 fully saturated rings. The number of carbonyl (C=O) groups is 6. The monoisotopic (exact) mass is 1940 g/mol. The summed E-state index contributed by atoms with van der Waals surface area (Å²) >= 11 is 30.3. The number of alkyl halides is 4. The van der Waals surface area contributed by atoms with Crippen LogP contribution in [0, 0.1) is 23.7 Å². The molecule has 1 N–H and O–H groups in total. The van der Waals surface area contributed by atoms with Crippen LogP contribution in [0.25, 0.3) is 0 Å². The van der Waals surface area contributed by atoms with Crippen LogP contribution in [0.1, 0.15) is 124 Å². The number of aromatic hydroxyl groups is 1. The summed E-state index contributed by atoms with van der Waals surface area (Å²) in [5.74, 6) is -2.98. The van der Waals surface area contributed by atoms with Crippen molar-refractivity contribution in [1.82, 2.24) is 4.90 Å². The summed E-state index contributed by atoms with van der Waals surface area (Å²) in [5, 5.41) is 9.67. The number of phenols is 1. The molecule has 0 aliphatic rings. The van der Waals surface area contributed by atoms with Gasteiger partial charge in [-0.25, -0.2) is 4.57 Å². The number of hydrogen-bond acceptors (Lipinski definition) is 23. The number of halogens is 6. The van der Waals surface area contributed by atoms with Gasteiger partial charge in [-0.05, 0) is 146 Å². The fourth-order valence-electron chi connectivity index (χ4n) is 9.95. The van der Waals surface area contributed by atoms with E-state index in [9.17, 15) is 52.1 Å². The Morgan fingerprint density at radius 2 is 0.621 bits per heavy atom. The van der Waals surface area contributed by atoms with Gasteiger partial charge in [-0.2, -0.15) is 0 Å². The lowest BCUT2D eigenvalue weighted by atomic mass is 10.1. The summed E-state index contributed by atoms with van der Waals surface area (Å²) in [7, 11) is 1.37. The number of phenolic OH excluding ortho intramolecular Hbond substituents is 1. The lowest BCUT2D eigenvalue weighted by Crippen LogP contribution is -2.21. The molecule has 9 atom stereocenters. The highest BCUT2D eigenvalue weighted by Gasteiger charge is 2.29. The van der Waals surface area contributed by atoms with E-state index in [1.165, 1.54) is 48.1 Å². The average molecular weight is 1950 g/mol. The van der Waals surface area contributed by atoms with Crippen LogP contribution < -0.4 is 4.52 Å². The number of esters is 6. The quantitative estimate of drug-likeness (QED) is 0.0161. The lowest BCUT2D eigenvalue weighted by Gasteiger charge is -2.19. The minimum absolute atomic E-state index is 0. The number of carbonyl (C=O) groups excluding carboxylic acids is 6. The van der Waals surface area contributed by atoms with E-state index in [1.54, 1.807) is 76.2 Å². The van der Waals surface area contributed by atoms with Gasteiger partial charge < -0.3 is 61.0 Å². The fourth-order valence-corrected chi connectivity index (χ4v) is 15.2. The Bertz CT molecular complexity index is 4250. The second-order valence-electron chi connectivity index (χ2n) is 27.2. The second kappa shape index (κ2) is 68.2. The number of hydrogen-bond donors (Lipinski definition) is 1. The molecule has 0 saturated carbocycles. The lowest BCUT2D eigenvalue weighted by molar-refractivity contribution is -0.150. The van der Waals surface area contributed by atoms with Crippen molar-refractivity contribution in [1.29, 1.82) is 0 Å². The first-order valence-electron chi connectivity index (χ1n) is 39.6. The summed E-state index contributed by atoms with van der Waals surface area (Å²) in [6, 6.07) is 70.1. The largest absolute Gasteiger partial charge is 0.508 e. The average Bonchev–Trinajstić information content (AvgIpc) is 0.848. The van der Waals surface area contributed by atoms with Gasteiger partial charge >= 0.3 is 43.4 Å². The second-order valence-corrected chi connectivity index (χ2v) is 42.7. The van der Waals surface area contributed by atoms with Crippen LogP contribution >= 0.6 is 106 Å². The number of nitrogens with zero attached hydrogens (tertiary/aromatic N) is 1. The normalized spacial score (nSPS) is 13.3. The SMILES string of the molecule is CCN(CC)CC.COP(=O)(CC[C@@H](C)C(=O)OCc1ccccc1)Oc1cccc(CC(=O)OCc2ccccc2)c1.COP(=O)(Cl)CC[C@@H](C)C(=O)OCc1ccccc1.COP(=O)(Cl)CC[C@@H](C)C(=O)OCc1ccccc1.COP(=O)(P)CC[C@@H](C)C(=O)OCc1ccccc1.ClCCl.ClCCl.O=C(Cc1cccc(O)c1)OCc1ccccc1.[2HH].[2HH].[2HH].[2HH]. The van der Waals surface area contributed by atoms with Crippen molar-refractivity contribution in [3.05, 3.63) is 275 Å². The molecule has 0 saturated heterocycles. The molecule has 124 heavy (non-hydrogen) atoms. The van der Waals surface area contributed by atoms with Gasteiger partial charge in [0.1, 0.15) is 51.1 Å². The standard InChI is InChI=1S/C28H31O7P.C15H14O3.2C13H18ClO4P.C13H20O4P2.C6H15N.2CH2Cl2.4H2/c1-22(28(30)34-21-24-12-7-4-8-13-24)16-17-36(31,32-2)35-26-15-9-14-25(18-26)19-27(29)33-20-23-10-5-3-6-11-23;16-14-8-4-7-13(9-14)10-15(17)18-11-12-5-2-1-3-6-12;2*1-11(8-9-19(14,16)17-2)13(15)18-10-12-6-4-3-5-7-12;1-11(8-9-19(15,18)16-2)13(14)17-10-12-6-4-3-5-7-12;1-4-7(5-2)6-3;2*2-1-3;;;;/h3-15,18,22H,16-17,19-21H2,1-2H3;1-9,16H,10-11H2;2*3-7,11H,8-10H2,1-2H3;3-7,11H,8-10,18H2,1-2H3;4-6H2,1-3H3;2*1H2;4*1H/t22-,36?;;3*11-,19?;;;;;;;/m1.111......./s1/i;;;;;;;;4*1+1. The summed E-state index contributed by atoms with van der Waals surface area (Å²) in [6.07, 6.45) is 2.44. The molecule has 0 aliphatic carbocycles. The Kier molecular flexibility index (Phi) is 63.3. The summed E-state index contributed by atoms with van der Waals surface area (Å²) < 4.78 is 104. The van der Waals surface area contributed by atoms with Crippen LogP contribution in [-0.2, 0) is 146 Å². The Morgan fingerprint density at radius 3 is 0.879 bits per heavy atom. The molecule has 0 heterocycles. The van der Waals surface area contributed by atoms with Crippen molar-refractivity contribution in [2.45, 2.75) is 127 Å². The minimum Gasteiger partial charge on any atom is -0.508 e. The van der Waals surface area contributed by atoms with Crippen molar-refractivity contribution in [3.63, 3.8) is 0 Å². The topological polar surface area (TPSA) is 296 Å². The first kappa shape index (κ1) is 115. The minimum atomic E-state index is -3.52. The van der Waals surface area contributed by atoms with E-state index in [0.717, 1.165) is 38.9 Å². The Balaban J connectivity index is -0.000000738. The van der Waals surface area contributed by atoms with E-state index in [2.05, 4.69) is 43.6 Å². The number of rotatable bonds is 41. The molecular weight excluding hydrogens is 1810 g/mol. The third-order valence-electron chi connectivity index (χ3n) is 17.6. The maximum Gasteiger partial charge on any atom is 0.378 e. The summed E-state index contributed by atoms with van der Waals surface area (Å²) in [6.45, 7) is 12.3. The van der Waals surface area contributed by atoms with E-state index in [1.807, 2.05) is 182 Å². The van der Waals surface area contributed by atoms with Gasteiger partial charge in [-0.1, -0.05) is 255 Å². The van der Waals surface area contributed by atoms with E-state index in [0.29, 0.717) is 36.7 Å². The molecule has 0 amide bonds. The molecular formula is C90H128Cl6NO22P5. The Labute approximate surface area is 770 Å². The third kappa shape index (κ3) is 57.0. The third-order valence-corrected chi connectivity index (χ3v) is 26.9. The molecule has 692 valence electrons. The number of benzene rings is 8. The smallest absolute Gasteiger partial charge is 0.378 e. The van der Waals surface area contributed by atoms with E-state index < -0.39 is 34.0 Å². The number of ether oxygens (including phenoxy) is 6. The van der Waals surface area contributed by atoms with Crippen molar-refractivity contribution >= 4 is 142 Å². The van der Waals surface area contributed by atoms with Gasteiger partial charge in [-0.15, -0.1) is 46.4 Å². The molecule has 34 heteroatoms. The van der Waals surface area contributed by atoms with E-state index >= 15 is 0 Å². The van der Waals surface area contributed by atoms with E-state index in [4.69, 9.17) is 111 Å². The molecule has 0 bridgehead atoms. The zero-order chi connectivity index (χ0) is 92.6. The molecule has 5 unspecified atom stereocenters. The van der Waals surface area contributed by atoms with Gasteiger partial charge in [0.05, 0.1) is 53.4 Å². The summed E-state index contributed by atoms with van der Waals surface area (Å²) in [4.78, 5) is 73.8. The highest BCUT2D eigenvalue weighted by Crippen LogP contribution is 2.56. The fraction of sp³-hybridized carbons (Fsp3) is 0.400. The van der Waals surface area contributed by atoms with Crippen molar-refractivity contribution in [2.24, 2.45) is 23.7 Å². The molecule has 23 nitrogen and oxygen atoms in total. The molecule has 0 aromatic heterocycles. The highest BCUT2D eigenvalue weighted by atomic mass is 35.7. The first-order chi connectivity index (χ1) is 59.1. The molecule has 8 aromatic rings. The Morgan fingerprint density at radius 1 is 0.363 bits per heavy atom. The highest BCUT2D eigenvalue weighted by molar-refractivity contribution is 8.14.